The molecule has 0 saturated carbocycles. The number of carbonyl (C=O) groups is 1. The van der Waals surface area contributed by atoms with E-state index in [1.807, 2.05) is 13.8 Å². The van der Waals surface area contributed by atoms with E-state index in [0.29, 0.717) is 19.0 Å². The van der Waals surface area contributed by atoms with Crippen LogP contribution in [0.3, 0.4) is 0 Å². The highest BCUT2D eigenvalue weighted by molar-refractivity contribution is 5.73. The number of hydrogen-bond acceptors (Lipinski definition) is 2. The van der Waals surface area contributed by atoms with Gasteiger partial charge in [-0.15, -0.1) is 0 Å². The Hall–Kier alpha value is -0.770. The van der Waals surface area contributed by atoms with Crippen LogP contribution in [0.4, 0.5) is 4.79 Å². The van der Waals surface area contributed by atoms with Crippen molar-refractivity contribution in [2.45, 2.75) is 26.9 Å². The summed E-state index contributed by atoms with van der Waals surface area (Å²) in [5.41, 5.74) is 0. The summed E-state index contributed by atoms with van der Waals surface area (Å²) in [6.45, 7) is 6.63. The van der Waals surface area contributed by atoms with Crippen LogP contribution in [-0.4, -0.2) is 30.3 Å². The fourth-order valence-corrected chi connectivity index (χ4v) is 0.600. The van der Waals surface area contributed by atoms with E-state index >= 15 is 0 Å². The maximum absolute atomic E-state index is 10.9. The van der Waals surface area contributed by atoms with E-state index in [1.54, 1.807) is 6.92 Å². The van der Waals surface area contributed by atoms with Gasteiger partial charge in [-0.2, -0.15) is 0 Å². The van der Waals surface area contributed by atoms with Crippen LogP contribution in [-0.2, 0) is 0 Å². The highest BCUT2D eigenvalue weighted by Gasteiger charge is 2.01. The second-order valence-electron chi connectivity index (χ2n) is 3.33. The van der Waals surface area contributed by atoms with Crippen molar-refractivity contribution >= 4 is 6.03 Å². The number of amides is 2. The summed E-state index contributed by atoms with van der Waals surface area (Å²) in [6, 6.07) is -0.218. The molecule has 4 nitrogen and oxygen atoms in total. The molecule has 0 bridgehead atoms. The summed E-state index contributed by atoms with van der Waals surface area (Å²) >= 11 is 0. The van der Waals surface area contributed by atoms with Gasteiger partial charge in [-0.25, -0.2) is 4.79 Å². The van der Waals surface area contributed by atoms with E-state index < -0.39 is 6.10 Å². The highest BCUT2D eigenvalue weighted by atomic mass is 16.3. The first-order chi connectivity index (χ1) is 5.52. The molecule has 2 amide bonds. The molecule has 0 saturated heterocycles. The smallest absolute Gasteiger partial charge is 0.314 e. The van der Waals surface area contributed by atoms with Crippen molar-refractivity contribution in [3.63, 3.8) is 0 Å². The summed E-state index contributed by atoms with van der Waals surface area (Å²) in [5.74, 6) is 0.447. The molecule has 0 aromatic carbocycles. The zero-order valence-electron chi connectivity index (χ0n) is 7.92. The van der Waals surface area contributed by atoms with Gasteiger partial charge in [0.15, 0.2) is 0 Å². The normalized spacial score (nSPS) is 12.8. The van der Waals surface area contributed by atoms with Crippen LogP contribution in [0, 0.1) is 5.92 Å². The average molecular weight is 174 g/mol. The first-order valence-electron chi connectivity index (χ1n) is 4.22. The SMILES string of the molecule is CC(C)CNC(=O)NCC(C)O. The number of aliphatic hydroxyl groups is 1. The Balaban J connectivity index is 3.34. The van der Waals surface area contributed by atoms with Crippen molar-refractivity contribution < 1.29 is 9.90 Å². The van der Waals surface area contributed by atoms with Crippen LogP contribution in [0.1, 0.15) is 20.8 Å². The third kappa shape index (κ3) is 7.34. The van der Waals surface area contributed by atoms with Crippen LogP contribution in [0.5, 0.6) is 0 Å². The lowest BCUT2D eigenvalue weighted by Crippen LogP contribution is -2.40. The largest absolute Gasteiger partial charge is 0.392 e. The molecule has 0 spiro atoms. The summed E-state index contributed by atoms with van der Waals surface area (Å²) < 4.78 is 0. The van der Waals surface area contributed by atoms with Crippen LogP contribution >= 0.6 is 0 Å². The zero-order valence-corrected chi connectivity index (χ0v) is 7.92. The van der Waals surface area contributed by atoms with Crippen molar-refractivity contribution in [3.8, 4) is 0 Å². The minimum Gasteiger partial charge on any atom is -0.392 e. The lowest BCUT2D eigenvalue weighted by atomic mass is 10.2. The summed E-state index contributed by atoms with van der Waals surface area (Å²) in [6.07, 6.45) is -0.491. The van der Waals surface area contributed by atoms with Gasteiger partial charge >= 0.3 is 6.03 Å². The minimum atomic E-state index is -0.491. The van der Waals surface area contributed by atoms with E-state index in [2.05, 4.69) is 10.6 Å². The van der Waals surface area contributed by atoms with Crippen molar-refractivity contribution in [1.82, 2.24) is 10.6 Å². The number of nitrogens with one attached hydrogen (secondary N) is 2. The number of aliphatic hydroxyl groups excluding tert-OH is 1. The van der Waals surface area contributed by atoms with Gasteiger partial charge in [-0.1, -0.05) is 13.8 Å². The topological polar surface area (TPSA) is 61.4 Å². The molecule has 0 fully saturated rings. The van der Waals surface area contributed by atoms with E-state index in [1.165, 1.54) is 0 Å². The van der Waals surface area contributed by atoms with Crippen molar-refractivity contribution in [1.29, 1.82) is 0 Å². The number of urea groups is 1. The van der Waals surface area contributed by atoms with E-state index in [4.69, 9.17) is 5.11 Å². The zero-order chi connectivity index (χ0) is 9.56. The quantitative estimate of drug-likeness (QED) is 0.575. The summed E-state index contributed by atoms with van der Waals surface area (Å²) in [5, 5.41) is 14.0. The van der Waals surface area contributed by atoms with Crippen LogP contribution in [0.2, 0.25) is 0 Å². The third-order valence-corrected chi connectivity index (χ3v) is 1.23. The molecule has 1 atom stereocenters. The van der Waals surface area contributed by atoms with Gasteiger partial charge in [0.05, 0.1) is 6.10 Å². The highest BCUT2D eigenvalue weighted by Crippen LogP contribution is 1.86. The lowest BCUT2D eigenvalue weighted by molar-refractivity contribution is 0.187. The van der Waals surface area contributed by atoms with Gasteiger partial charge in [0.1, 0.15) is 0 Å². The molecule has 4 heteroatoms. The van der Waals surface area contributed by atoms with Gasteiger partial charge in [0, 0.05) is 13.1 Å². The molecular formula is C8H18N2O2. The molecule has 0 aliphatic heterocycles. The van der Waals surface area contributed by atoms with Crippen molar-refractivity contribution in [2.24, 2.45) is 5.92 Å². The van der Waals surface area contributed by atoms with Gasteiger partial charge in [0.2, 0.25) is 0 Å². The van der Waals surface area contributed by atoms with Gasteiger partial charge in [0.25, 0.3) is 0 Å². The second-order valence-corrected chi connectivity index (χ2v) is 3.33. The van der Waals surface area contributed by atoms with Crippen molar-refractivity contribution in [2.75, 3.05) is 13.1 Å². The molecule has 0 aromatic heterocycles. The molecule has 0 aliphatic carbocycles. The monoisotopic (exact) mass is 174 g/mol. The number of carbonyl (C=O) groups excluding carboxylic acids is 1. The minimum absolute atomic E-state index is 0.218. The molecular weight excluding hydrogens is 156 g/mol. The second kappa shape index (κ2) is 5.83. The Morgan fingerprint density at radius 2 is 1.75 bits per heavy atom. The first-order valence-corrected chi connectivity index (χ1v) is 4.22. The summed E-state index contributed by atoms with van der Waals surface area (Å²) in [4.78, 5) is 10.9. The van der Waals surface area contributed by atoms with Gasteiger partial charge < -0.3 is 15.7 Å². The third-order valence-electron chi connectivity index (χ3n) is 1.23. The Morgan fingerprint density at radius 1 is 1.25 bits per heavy atom. The van der Waals surface area contributed by atoms with E-state index in [0.717, 1.165) is 0 Å². The van der Waals surface area contributed by atoms with Crippen LogP contribution in [0.15, 0.2) is 0 Å². The Kier molecular flexibility index (Phi) is 5.45. The molecule has 0 heterocycles. The number of rotatable bonds is 4. The fourth-order valence-electron chi connectivity index (χ4n) is 0.600. The van der Waals surface area contributed by atoms with Crippen LogP contribution < -0.4 is 10.6 Å². The predicted molar refractivity (Wildman–Crippen MR) is 47.9 cm³/mol. The molecule has 3 N–H and O–H groups in total. The number of hydrogen-bond donors (Lipinski definition) is 3. The standard InChI is InChI=1S/C8H18N2O2/c1-6(2)4-9-8(12)10-5-7(3)11/h6-7,11H,4-5H2,1-3H3,(H2,9,10,12). The predicted octanol–water partition coefficient (Wildman–Crippen LogP) is 0.322. The lowest BCUT2D eigenvalue weighted by Gasteiger charge is -2.10. The fraction of sp³-hybridized carbons (Fsp3) is 0.875. The molecule has 0 aromatic rings. The van der Waals surface area contributed by atoms with Crippen molar-refractivity contribution in [3.05, 3.63) is 0 Å². The van der Waals surface area contributed by atoms with E-state index in [9.17, 15) is 4.79 Å². The maximum atomic E-state index is 10.9. The molecule has 1 unspecified atom stereocenters. The molecule has 72 valence electrons. The Morgan fingerprint density at radius 3 is 2.17 bits per heavy atom. The Labute approximate surface area is 73.3 Å². The Bertz CT molecular complexity index is 121. The summed E-state index contributed by atoms with van der Waals surface area (Å²) in [7, 11) is 0. The first kappa shape index (κ1) is 11.2. The maximum Gasteiger partial charge on any atom is 0.314 e. The average Bonchev–Trinajstić information content (AvgIpc) is 1.96. The molecule has 12 heavy (non-hydrogen) atoms. The van der Waals surface area contributed by atoms with Gasteiger partial charge in [-0.3, -0.25) is 0 Å². The van der Waals surface area contributed by atoms with Crippen LogP contribution in [0.25, 0.3) is 0 Å². The molecule has 0 aliphatic rings. The molecule has 0 radical (unpaired) electrons. The molecule has 0 rings (SSSR count). The van der Waals surface area contributed by atoms with Gasteiger partial charge in [-0.05, 0) is 12.8 Å². The van der Waals surface area contributed by atoms with E-state index in [-0.39, 0.29) is 6.03 Å².